The monoisotopic (exact) mass is 563 g/mol. The summed E-state index contributed by atoms with van der Waals surface area (Å²) in [4.78, 5) is 26.8. The van der Waals surface area contributed by atoms with Gasteiger partial charge in [-0.1, -0.05) is 53.5 Å². The fraction of sp³-hybridized carbons (Fsp3) is 0.0833. The molecule has 4 rings (SSSR count). The van der Waals surface area contributed by atoms with Crippen molar-refractivity contribution in [3.63, 3.8) is 0 Å². The van der Waals surface area contributed by atoms with Gasteiger partial charge in [-0.15, -0.1) is 0 Å². The van der Waals surface area contributed by atoms with Crippen LogP contribution in [0.4, 0.5) is 10.5 Å². The summed E-state index contributed by atoms with van der Waals surface area (Å²) in [5.41, 5.74) is 1.85. The zero-order valence-corrected chi connectivity index (χ0v) is 21.1. The van der Waals surface area contributed by atoms with Gasteiger partial charge in [0.25, 0.3) is 11.1 Å². The molecule has 5 nitrogen and oxygen atoms in total. The van der Waals surface area contributed by atoms with Crippen LogP contribution in [-0.4, -0.2) is 18.3 Å². The smallest absolute Gasteiger partial charge is 0.298 e. The first-order valence-electron chi connectivity index (χ1n) is 9.65. The van der Waals surface area contributed by atoms with Crippen LogP contribution in [0.5, 0.6) is 11.5 Å². The number of hydrogen-bond donors (Lipinski definition) is 0. The molecule has 0 aliphatic carbocycles. The molecule has 0 bridgehead atoms. The van der Waals surface area contributed by atoms with Gasteiger partial charge >= 0.3 is 0 Å². The number of carbonyl (C=O) groups excluding carboxylic acids is 2. The number of imide groups is 1. The highest BCUT2D eigenvalue weighted by Gasteiger charge is 2.37. The second kappa shape index (κ2) is 10.2. The van der Waals surface area contributed by atoms with Crippen LogP contribution in [-0.2, 0) is 11.4 Å². The minimum Gasteiger partial charge on any atom is -0.493 e. The molecule has 0 aromatic heterocycles. The average Bonchev–Trinajstić information content (AvgIpc) is 3.06. The minimum atomic E-state index is -0.438. The summed E-state index contributed by atoms with van der Waals surface area (Å²) < 4.78 is 12.1. The molecule has 0 N–H and O–H groups in total. The van der Waals surface area contributed by atoms with Gasteiger partial charge in [0, 0.05) is 10.6 Å². The molecule has 1 aliphatic rings. The number of methoxy groups -OCH3 is 1. The zero-order valence-electron chi connectivity index (χ0n) is 17.2. The lowest BCUT2D eigenvalue weighted by atomic mass is 10.1. The molecule has 0 saturated carbocycles. The van der Waals surface area contributed by atoms with Gasteiger partial charge in [0.05, 0.1) is 27.2 Å². The first-order valence-corrected chi connectivity index (χ1v) is 12.0. The Morgan fingerprint density at radius 1 is 1.03 bits per heavy atom. The van der Waals surface area contributed by atoms with Crippen LogP contribution in [0.25, 0.3) is 6.08 Å². The number of anilines is 1. The number of thioether (sulfide) groups is 1. The Hall–Kier alpha value is -2.45. The van der Waals surface area contributed by atoms with E-state index >= 15 is 0 Å². The molecular weight excluding hydrogens is 549 g/mol. The van der Waals surface area contributed by atoms with Crippen molar-refractivity contribution in [2.45, 2.75) is 6.61 Å². The van der Waals surface area contributed by atoms with Crippen molar-refractivity contribution in [1.29, 1.82) is 0 Å². The Bertz CT molecular complexity index is 1280. The van der Waals surface area contributed by atoms with Crippen LogP contribution < -0.4 is 14.4 Å². The second-order valence-electron chi connectivity index (χ2n) is 6.88. The van der Waals surface area contributed by atoms with Gasteiger partial charge in [0.15, 0.2) is 11.5 Å². The van der Waals surface area contributed by atoms with Crippen molar-refractivity contribution < 1.29 is 19.1 Å². The maximum Gasteiger partial charge on any atom is 0.298 e. The average molecular weight is 565 g/mol. The minimum absolute atomic E-state index is 0.255. The van der Waals surface area contributed by atoms with Crippen LogP contribution in [0.3, 0.4) is 0 Å². The van der Waals surface area contributed by atoms with E-state index in [-0.39, 0.29) is 11.5 Å². The molecule has 3 aromatic rings. The molecule has 0 radical (unpaired) electrons. The zero-order chi connectivity index (χ0) is 23.5. The standard InChI is InChI=1S/C24H16BrCl2NO4S/c1-31-20-11-14(10-16(25)22(20)32-13-15-6-2-3-7-17(15)26)12-21-23(29)28(24(30)33-21)19-9-5-4-8-18(19)27/h2-12H,13H2,1H3/b21-12-. The van der Waals surface area contributed by atoms with Crippen LogP contribution in [0.1, 0.15) is 11.1 Å². The molecule has 0 spiro atoms. The number of carbonyl (C=O) groups is 2. The highest BCUT2D eigenvalue weighted by atomic mass is 79.9. The van der Waals surface area contributed by atoms with Crippen molar-refractivity contribution in [3.05, 3.63) is 91.2 Å². The van der Waals surface area contributed by atoms with E-state index in [1.54, 1.807) is 48.5 Å². The third kappa shape index (κ3) is 5.06. The lowest BCUT2D eigenvalue weighted by Crippen LogP contribution is -2.27. The summed E-state index contributed by atoms with van der Waals surface area (Å²) in [6.07, 6.45) is 1.63. The number of amides is 2. The molecular formula is C24H16BrCl2NO4S. The molecule has 1 aliphatic heterocycles. The fourth-order valence-corrected chi connectivity index (χ4v) is 5.01. The normalized spacial score (nSPS) is 14.8. The van der Waals surface area contributed by atoms with Gasteiger partial charge in [-0.05, 0) is 69.7 Å². The lowest BCUT2D eigenvalue weighted by molar-refractivity contribution is -0.113. The van der Waals surface area contributed by atoms with Crippen molar-refractivity contribution in [1.82, 2.24) is 0 Å². The number of ether oxygens (including phenoxy) is 2. The number of benzene rings is 3. The molecule has 2 amide bonds. The van der Waals surface area contributed by atoms with E-state index in [2.05, 4.69) is 15.9 Å². The number of halogens is 3. The quantitative estimate of drug-likeness (QED) is 0.289. The van der Waals surface area contributed by atoms with E-state index < -0.39 is 11.1 Å². The summed E-state index contributed by atoms with van der Waals surface area (Å²) in [5.74, 6) is 0.527. The van der Waals surface area contributed by atoms with E-state index in [0.717, 1.165) is 22.2 Å². The Morgan fingerprint density at radius 3 is 2.42 bits per heavy atom. The van der Waals surface area contributed by atoms with Gasteiger partial charge in [-0.25, -0.2) is 4.90 Å². The van der Waals surface area contributed by atoms with E-state index in [1.165, 1.54) is 7.11 Å². The lowest BCUT2D eigenvalue weighted by Gasteiger charge is -2.14. The third-order valence-electron chi connectivity index (χ3n) is 4.77. The van der Waals surface area contributed by atoms with E-state index in [4.69, 9.17) is 32.7 Å². The molecule has 168 valence electrons. The predicted molar refractivity (Wildman–Crippen MR) is 136 cm³/mol. The summed E-state index contributed by atoms with van der Waals surface area (Å²) >= 11 is 16.8. The highest BCUT2D eigenvalue weighted by Crippen LogP contribution is 2.41. The molecule has 3 aromatic carbocycles. The number of para-hydroxylation sites is 1. The maximum atomic E-state index is 12.9. The molecule has 1 saturated heterocycles. The Kier molecular flexibility index (Phi) is 7.34. The van der Waals surface area contributed by atoms with Gasteiger partial charge in [0.1, 0.15) is 6.61 Å². The van der Waals surface area contributed by atoms with Crippen LogP contribution in [0, 0.1) is 0 Å². The van der Waals surface area contributed by atoms with Crippen molar-refractivity contribution >= 4 is 73.8 Å². The third-order valence-corrected chi connectivity index (χ3v) is 6.91. The molecule has 0 unspecified atom stereocenters. The van der Waals surface area contributed by atoms with Crippen molar-refractivity contribution in [2.24, 2.45) is 0 Å². The number of hydrogen-bond acceptors (Lipinski definition) is 5. The van der Waals surface area contributed by atoms with E-state index in [0.29, 0.717) is 37.3 Å². The Labute approximate surface area is 213 Å². The van der Waals surface area contributed by atoms with Crippen molar-refractivity contribution in [2.75, 3.05) is 12.0 Å². The predicted octanol–water partition coefficient (Wildman–Crippen LogP) is 7.58. The topological polar surface area (TPSA) is 55.8 Å². The van der Waals surface area contributed by atoms with Gasteiger partial charge in [-0.3, -0.25) is 9.59 Å². The molecule has 33 heavy (non-hydrogen) atoms. The first-order chi connectivity index (χ1) is 15.9. The van der Waals surface area contributed by atoms with Crippen molar-refractivity contribution in [3.8, 4) is 11.5 Å². The molecule has 1 heterocycles. The van der Waals surface area contributed by atoms with Gasteiger partial charge in [-0.2, -0.15) is 0 Å². The molecule has 0 atom stereocenters. The van der Waals surface area contributed by atoms with Crippen LogP contribution in [0.15, 0.2) is 70.0 Å². The fourth-order valence-electron chi connectivity index (χ4n) is 3.19. The summed E-state index contributed by atoms with van der Waals surface area (Å²) in [6, 6.07) is 17.7. The second-order valence-corrected chi connectivity index (χ2v) is 9.54. The van der Waals surface area contributed by atoms with Crippen LogP contribution >= 0.6 is 50.9 Å². The highest BCUT2D eigenvalue weighted by molar-refractivity contribution is 9.10. The van der Waals surface area contributed by atoms with Gasteiger partial charge in [0.2, 0.25) is 0 Å². The van der Waals surface area contributed by atoms with Gasteiger partial charge < -0.3 is 9.47 Å². The van der Waals surface area contributed by atoms with E-state index in [1.807, 2.05) is 18.2 Å². The summed E-state index contributed by atoms with van der Waals surface area (Å²) in [5, 5.41) is 0.522. The number of rotatable bonds is 6. The van der Waals surface area contributed by atoms with E-state index in [9.17, 15) is 9.59 Å². The number of nitrogens with zero attached hydrogens (tertiary/aromatic N) is 1. The summed E-state index contributed by atoms with van der Waals surface area (Å²) in [6.45, 7) is 0.255. The Morgan fingerprint density at radius 2 is 1.73 bits per heavy atom. The Balaban J connectivity index is 1.60. The first kappa shape index (κ1) is 23.7. The molecule has 9 heteroatoms. The largest absolute Gasteiger partial charge is 0.493 e. The SMILES string of the molecule is COc1cc(/C=C2\SC(=O)N(c3ccccc3Cl)C2=O)cc(Br)c1OCc1ccccc1Cl. The molecule has 1 fully saturated rings. The maximum absolute atomic E-state index is 12.9. The van der Waals surface area contributed by atoms with Crippen LogP contribution in [0.2, 0.25) is 10.0 Å². The summed E-state index contributed by atoms with van der Waals surface area (Å²) in [7, 11) is 1.53.